The maximum absolute atomic E-state index is 9.91. The molecule has 294 valence electrons. The predicted octanol–water partition coefficient (Wildman–Crippen LogP) is 7.67. The molecule has 0 aromatic rings. The first kappa shape index (κ1) is 65.0. The van der Waals surface area contributed by atoms with Gasteiger partial charge in [0.25, 0.3) is 0 Å². The molecule has 0 aromatic heterocycles. The van der Waals surface area contributed by atoms with Gasteiger partial charge in [0.15, 0.2) is 0 Å². The average molecular weight is 901 g/mol. The normalized spacial score (nSPS) is 11.3. The molecular weight excluding hydrogens is 834 g/mol. The monoisotopic (exact) mass is 902 g/mol. The fraction of sp³-hybridized carbons (Fsp3) is 1.00. The summed E-state index contributed by atoms with van der Waals surface area (Å²) in [6.45, 7) is 12.3. The Kier molecular flexibility index (Phi) is 81.0. The van der Waals surface area contributed by atoms with Crippen molar-refractivity contribution in [2.75, 3.05) is 37.0 Å². The second-order valence-electron chi connectivity index (χ2n) is 10.6. The molecule has 0 aromatic carbocycles. The Labute approximate surface area is 318 Å². The van der Waals surface area contributed by atoms with E-state index in [9.17, 15) is 56.8 Å². The zero-order valence-corrected chi connectivity index (χ0v) is 38.3. The molecule has 0 spiro atoms. The second-order valence-corrected chi connectivity index (χ2v) is 17.3. The third-order valence-electron chi connectivity index (χ3n) is 5.67. The Bertz CT molecular complexity index is 599. The molecule has 0 rings (SSSR count). The Balaban J connectivity index is -0.0000000860. The van der Waals surface area contributed by atoms with Crippen molar-refractivity contribution in [1.82, 2.24) is 0 Å². The van der Waals surface area contributed by atoms with Gasteiger partial charge in [-0.05, 0) is 77.0 Å². The van der Waals surface area contributed by atoms with Crippen LogP contribution >= 0.6 is 48.2 Å². The Hall–Kier alpha value is 1.05. The molecule has 0 saturated carbocycles. The summed E-state index contributed by atoms with van der Waals surface area (Å²) in [5.41, 5.74) is 0. The molecule has 19 heteroatoms. The summed E-state index contributed by atoms with van der Waals surface area (Å²) in [5.74, 6) is 0. The van der Waals surface area contributed by atoms with Gasteiger partial charge in [-0.3, -0.25) is 0 Å². The van der Waals surface area contributed by atoms with E-state index in [1.807, 2.05) is 0 Å². The minimum atomic E-state index is -2.11. The van der Waals surface area contributed by atoms with Gasteiger partial charge < -0.3 is 29.4 Å². The van der Waals surface area contributed by atoms with Crippen molar-refractivity contribution in [1.29, 1.82) is 0 Å². The van der Waals surface area contributed by atoms with Gasteiger partial charge in [-0.2, -0.15) is 0 Å². The fourth-order valence-corrected chi connectivity index (χ4v) is 5.84. The van der Waals surface area contributed by atoms with Crippen molar-refractivity contribution >= 4 is 48.2 Å². The van der Waals surface area contributed by atoms with Crippen LogP contribution in [-0.2, 0) is 48.5 Å². The molecular formula is C30H66MoO12P6. The molecule has 49 heavy (non-hydrogen) atoms. The van der Waals surface area contributed by atoms with E-state index in [1.165, 1.54) is 0 Å². The summed E-state index contributed by atoms with van der Waals surface area (Å²) in [6, 6.07) is 0. The second kappa shape index (κ2) is 61.1. The maximum atomic E-state index is 9.91. The molecule has 0 aliphatic rings. The van der Waals surface area contributed by atoms with Crippen LogP contribution < -0.4 is 29.4 Å². The zero-order valence-electron chi connectivity index (χ0n) is 31.0. The van der Waals surface area contributed by atoms with Crippen LogP contribution in [0.3, 0.4) is 0 Å². The van der Waals surface area contributed by atoms with Crippen LogP contribution in [0.15, 0.2) is 0 Å². The Morgan fingerprint density at radius 2 is 0.367 bits per heavy atom. The van der Waals surface area contributed by atoms with E-state index in [2.05, 4.69) is 41.5 Å². The van der Waals surface area contributed by atoms with Crippen molar-refractivity contribution in [2.45, 2.75) is 157 Å². The van der Waals surface area contributed by atoms with Crippen LogP contribution in [0.1, 0.15) is 157 Å². The Morgan fingerprint density at radius 1 is 0.265 bits per heavy atom. The van der Waals surface area contributed by atoms with E-state index >= 15 is 0 Å². The van der Waals surface area contributed by atoms with E-state index < -0.39 is 48.2 Å². The topological polar surface area (TPSA) is 241 Å². The van der Waals surface area contributed by atoms with Gasteiger partial charge in [-0.15, -0.1) is 0 Å². The minimum absolute atomic E-state index is 0. The fourth-order valence-electron chi connectivity index (χ4n) is 2.95. The molecule has 12 nitrogen and oxygen atoms in total. The first-order valence-corrected chi connectivity index (χ1v) is 25.5. The van der Waals surface area contributed by atoms with E-state index in [4.69, 9.17) is 0 Å². The molecule has 0 aliphatic carbocycles. The quantitative estimate of drug-likeness (QED) is 0.0515. The van der Waals surface area contributed by atoms with Crippen LogP contribution in [0, 0.1) is 0 Å². The molecule has 6 unspecified atom stereocenters. The summed E-state index contributed by atoms with van der Waals surface area (Å²) in [4.78, 5) is 59.5. The molecule has 0 bridgehead atoms. The number of hydrogen-bond acceptors (Lipinski definition) is 12. The predicted molar refractivity (Wildman–Crippen MR) is 192 cm³/mol. The molecule has 0 radical (unpaired) electrons. The molecule has 6 atom stereocenters. The standard InChI is InChI=1S/6C5H11O2P.Mo/c6*1-2-3-4-5-8(6)7;/h6*2-5H2,1H3;. The van der Waals surface area contributed by atoms with Crippen molar-refractivity contribution in [2.24, 2.45) is 0 Å². The number of rotatable bonds is 24. The Morgan fingerprint density at radius 3 is 0.429 bits per heavy atom. The van der Waals surface area contributed by atoms with E-state index in [0.717, 1.165) is 116 Å². The first-order chi connectivity index (χ1) is 22.6. The largest absolute Gasteiger partial charge is 0.596 e. The van der Waals surface area contributed by atoms with E-state index in [0.29, 0.717) is 37.0 Å². The van der Waals surface area contributed by atoms with Gasteiger partial charge in [0, 0.05) is 21.1 Å². The maximum Gasteiger partial charge on any atom is 0.308 e. The first-order valence-electron chi connectivity index (χ1n) is 17.3. The molecule has 0 aliphatic heterocycles. The van der Waals surface area contributed by atoms with Crippen molar-refractivity contribution in [3.63, 3.8) is 0 Å². The van der Waals surface area contributed by atoms with Gasteiger partial charge in [0.2, 0.25) is 0 Å². The average Bonchev–Trinajstić information content (AvgIpc) is 2.99. The van der Waals surface area contributed by atoms with Crippen LogP contribution in [0.25, 0.3) is 0 Å². The minimum Gasteiger partial charge on any atom is -0.596 e. The number of unbranched alkanes of at least 4 members (excludes halogenated alkanes) is 12. The van der Waals surface area contributed by atoms with Crippen molar-refractivity contribution < 1.29 is 77.8 Å². The van der Waals surface area contributed by atoms with Gasteiger partial charge in [-0.1, -0.05) is 107 Å². The van der Waals surface area contributed by atoms with Crippen LogP contribution in [-0.4, -0.2) is 37.0 Å². The van der Waals surface area contributed by atoms with Crippen molar-refractivity contribution in [3.8, 4) is 0 Å². The number of hydrogen-bond donors (Lipinski definition) is 0. The van der Waals surface area contributed by atoms with E-state index in [-0.39, 0.29) is 21.1 Å². The van der Waals surface area contributed by atoms with Crippen LogP contribution in [0.2, 0.25) is 0 Å². The summed E-state index contributed by atoms with van der Waals surface area (Å²) >= 11 is 0. The molecule has 0 heterocycles. The summed E-state index contributed by atoms with van der Waals surface area (Å²) in [6.07, 6.45) is 19.9. The van der Waals surface area contributed by atoms with Gasteiger partial charge in [-0.25, -0.2) is 0 Å². The van der Waals surface area contributed by atoms with Crippen molar-refractivity contribution in [3.05, 3.63) is 0 Å². The molecule has 0 fully saturated rings. The SMILES string of the molecule is CCCCC[P+](=O)[O-].CCCCC[P+](=O)[O-].CCCCC[P+](=O)[O-].CCCCC[P+](=O)[O-].CCCCC[P+](=O)[O-].CCCCC[P+](=O)[O-].[Mo]. The summed E-state index contributed by atoms with van der Waals surface area (Å²) < 4.78 is 59.5. The third-order valence-corrected chi connectivity index (χ3v) is 9.75. The molecule has 0 amide bonds. The smallest absolute Gasteiger partial charge is 0.308 e. The summed E-state index contributed by atoms with van der Waals surface area (Å²) in [7, 11) is -12.7. The van der Waals surface area contributed by atoms with Crippen LogP contribution in [0.5, 0.6) is 0 Å². The van der Waals surface area contributed by atoms with Gasteiger partial charge in [0.05, 0.1) is 0 Å². The summed E-state index contributed by atoms with van der Waals surface area (Å²) in [5, 5.41) is 0. The van der Waals surface area contributed by atoms with Crippen LogP contribution in [0.4, 0.5) is 0 Å². The molecule has 0 N–H and O–H groups in total. The zero-order chi connectivity index (χ0) is 38.4. The third kappa shape index (κ3) is 113. The van der Waals surface area contributed by atoms with E-state index in [1.54, 1.807) is 0 Å². The van der Waals surface area contributed by atoms with Gasteiger partial charge >= 0.3 is 48.2 Å². The molecule has 0 saturated heterocycles. The van der Waals surface area contributed by atoms with Gasteiger partial charge in [0.1, 0.15) is 37.0 Å².